The van der Waals surface area contributed by atoms with E-state index in [9.17, 15) is 132 Å². The van der Waals surface area contributed by atoms with E-state index in [-0.39, 0.29) is 25.8 Å². The van der Waals surface area contributed by atoms with Crippen molar-refractivity contribution in [1.82, 2.24) is 5.32 Å². The fourth-order valence-corrected chi connectivity index (χ4v) is 18.1. The third kappa shape index (κ3) is 32.6. The molecule has 0 spiro atoms. The van der Waals surface area contributed by atoms with Gasteiger partial charge in [0.15, 0.2) is 25.2 Å². The monoisotopic (exact) mass is 1930 g/mol. The largest absolute Gasteiger partial charge is 0.410 e. The highest BCUT2D eigenvalue weighted by molar-refractivity contribution is 5.76. The van der Waals surface area contributed by atoms with Gasteiger partial charge in [0, 0.05) is 30.1 Å². The van der Waals surface area contributed by atoms with E-state index in [0.717, 1.165) is 64.2 Å². The Kier molecular flexibility index (Phi) is 51.1. The first-order chi connectivity index (χ1) is 63.6. The van der Waals surface area contributed by atoms with E-state index < -0.39 is 322 Å². The minimum Gasteiger partial charge on any atom is -0.410 e. The van der Waals surface area contributed by atoms with Crippen LogP contribution in [0.15, 0.2) is 12.2 Å². The summed E-state index contributed by atoms with van der Waals surface area (Å²) < 4.78 is 102. The zero-order valence-electron chi connectivity index (χ0n) is 77.3. The third-order valence-corrected chi connectivity index (χ3v) is 26.6. The molecule has 0 aliphatic carbocycles. The number of amides is 1. The summed E-state index contributed by atoms with van der Waals surface area (Å²) in [7, 11) is 0. The molecule has 7 saturated heterocycles. The molecule has 44 nitrogen and oxygen atoms in total. The highest BCUT2D eigenvalue weighted by atomic mass is 16.9. The lowest BCUT2D eigenvalue weighted by atomic mass is 9.86. The Morgan fingerprint density at radius 3 is 1.23 bits per heavy atom. The van der Waals surface area contributed by atoms with Gasteiger partial charge >= 0.3 is 17.9 Å². The molecule has 0 saturated carbocycles. The summed E-state index contributed by atoms with van der Waals surface area (Å²) in [6, 6.07) is -1.15. The van der Waals surface area contributed by atoms with E-state index in [2.05, 4.69) is 19.2 Å². The van der Waals surface area contributed by atoms with Crippen molar-refractivity contribution in [3.8, 4) is 0 Å². The smallest absolute Gasteiger partial charge is 0.332 e. The molecule has 23 N–H and O–H groups in total. The van der Waals surface area contributed by atoms with Crippen LogP contribution in [-0.4, -0.2) is 411 Å². The maximum Gasteiger partial charge on any atom is 0.332 e. The molecule has 7 heterocycles. The van der Waals surface area contributed by atoms with Crippen molar-refractivity contribution in [2.45, 2.75) is 448 Å². The van der Waals surface area contributed by atoms with Gasteiger partial charge in [0.25, 0.3) is 19.4 Å². The fourth-order valence-electron chi connectivity index (χ4n) is 18.1. The average molecular weight is 1930 g/mol. The molecule has 1 amide bonds. The molecule has 40 atom stereocenters. The molecule has 7 rings (SSSR count). The molecule has 0 aromatic heterocycles. The number of rotatable bonds is 63. The quantitative estimate of drug-likeness (QED) is 0.00961. The zero-order chi connectivity index (χ0) is 97.9. The molecule has 7 aliphatic heterocycles. The van der Waals surface area contributed by atoms with E-state index in [1.165, 1.54) is 117 Å². The van der Waals surface area contributed by atoms with Gasteiger partial charge in [0.2, 0.25) is 5.91 Å². The first kappa shape index (κ1) is 116. The van der Waals surface area contributed by atoms with E-state index in [1.54, 1.807) is 0 Å². The molecule has 7 aliphatic rings. The van der Waals surface area contributed by atoms with Crippen molar-refractivity contribution in [1.29, 1.82) is 0 Å². The fraction of sp³-hybridized carbons (Fsp3) is 0.933. The van der Waals surface area contributed by atoms with Crippen molar-refractivity contribution in [3.63, 3.8) is 0 Å². The summed E-state index contributed by atoms with van der Waals surface area (Å²) in [5.41, 5.74) is 0. The van der Waals surface area contributed by atoms with Crippen molar-refractivity contribution >= 4 is 25.3 Å². The average Bonchev–Trinajstić information content (AvgIpc) is 0.753. The van der Waals surface area contributed by atoms with E-state index in [4.69, 9.17) is 80.5 Å². The number of ether oxygens (including phenoxy) is 17. The van der Waals surface area contributed by atoms with Gasteiger partial charge in [0.1, 0.15) is 122 Å². The number of carbonyl (C=O) groups is 4. The molecule has 7 fully saturated rings. The normalized spacial score (nSPS) is 38.1. The molecule has 133 heavy (non-hydrogen) atoms. The highest BCUT2D eigenvalue weighted by Crippen LogP contribution is 2.47. The van der Waals surface area contributed by atoms with Gasteiger partial charge in [-0.3, -0.25) is 19.2 Å². The van der Waals surface area contributed by atoms with Crippen molar-refractivity contribution in [3.05, 3.63) is 12.2 Å². The second kappa shape index (κ2) is 58.5. The second-order valence-corrected chi connectivity index (χ2v) is 36.6. The first-order valence-electron chi connectivity index (χ1n) is 47.7. The van der Waals surface area contributed by atoms with Gasteiger partial charge < -0.3 is 198 Å². The number of hydrogen-bond donors (Lipinski definition) is 23. The second-order valence-electron chi connectivity index (χ2n) is 36.6. The van der Waals surface area contributed by atoms with Crippen LogP contribution in [0.5, 0.6) is 0 Å². The Bertz CT molecular complexity index is 3240. The van der Waals surface area contributed by atoms with Crippen molar-refractivity contribution in [2.75, 3.05) is 52.9 Å². The molecule has 44 heteroatoms. The van der Waals surface area contributed by atoms with Crippen LogP contribution in [0.4, 0.5) is 0 Å². The standard InChI is InChI=1S/C89H157NO43/c1-7-9-11-13-15-17-19-21-23-25-27-29-31-33-54(101)53(90-65(107)34-32-30-28-26-24-22-20-18-16-14-12-10-8-2)45-117-84-72(114)71(113)79(63(43-96)123-84)126-86-74(116)82(133-89(120-48-100)37-56(103)50(4)77(130-89)67(109)59(106)39-92)80(64(44-97)124-86)127-83-52(6)75(68(110)60(40-93)121-83)125-85-73(115)81(69(111)61(41-94)122-85)132-88(119-47-99)36-57(104)51(5)78(131-88)70(112)62(42-95)128-87(118-46-98)35-55(102)49(3)76(129-87)66(108)58(105)38-91/h31,33,46-64,66-86,91-97,101-106,108-116H,7-30,32,34-45H2,1-6H3,(H,90,107)/b33-31+/t49-,50-,51-,52?,53+,54-,55-,56-,57-,58-,59-,60?,61?,62-,63?,64?,66-,67-,68+,69+,70-,71-,72?,73?,74?,75-,76?,77?,78?,79-,80+,81+,82-,83+,84-,85+,86+,87-,88+,89+/m1/s1. The minimum atomic E-state index is -3.04. The van der Waals surface area contributed by atoms with E-state index in [1.807, 2.05) is 6.08 Å². The zero-order valence-corrected chi connectivity index (χ0v) is 77.3. The maximum atomic E-state index is 13.7. The summed E-state index contributed by atoms with van der Waals surface area (Å²) in [5.74, 6) is -14.3. The van der Waals surface area contributed by atoms with Crippen LogP contribution in [-0.2, 0) is 99.7 Å². The van der Waals surface area contributed by atoms with Gasteiger partial charge in [-0.25, -0.2) is 0 Å². The van der Waals surface area contributed by atoms with Crippen LogP contribution in [0.1, 0.15) is 228 Å². The molecule has 11 unspecified atom stereocenters. The number of nitrogens with one attached hydrogen (secondary N) is 1. The molecule has 0 radical (unpaired) electrons. The van der Waals surface area contributed by atoms with E-state index >= 15 is 0 Å². The molecule has 0 aromatic carbocycles. The van der Waals surface area contributed by atoms with Crippen molar-refractivity contribution < 1.29 is 212 Å². The van der Waals surface area contributed by atoms with Gasteiger partial charge in [-0.05, 0) is 19.3 Å². The first-order valence-corrected chi connectivity index (χ1v) is 47.7. The molecular formula is C89H157NO43. The number of allylic oxidation sites excluding steroid dienone is 1. The number of aliphatic hydroxyl groups excluding tert-OH is 22. The molecular weight excluding hydrogens is 1770 g/mol. The lowest BCUT2D eigenvalue weighted by Crippen LogP contribution is -2.69. The lowest BCUT2D eigenvalue weighted by molar-refractivity contribution is -0.458. The predicted octanol–water partition coefficient (Wildman–Crippen LogP) is -2.81. The molecule has 0 aromatic rings. The maximum absolute atomic E-state index is 13.7. The van der Waals surface area contributed by atoms with Gasteiger partial charge in [-0.2, -0.15) is 0 Å². The number of carbonyl (C=O) groups excluding carboxylic acids is 4. The molecule has 0 bridgehead atoms. The van der Waals surface area contributed by atoms with Gasteiger partial charge in [0.05, 0.1) is 127 Å². The van der Waals surface area contributed by atoms with Crippen LogP contribution < -0.4 is 5.32 Å². The number of hydrogen-bond acceptors (Lipinski definition) is 43. The highest BCUT2D eigenvalue weighted by Gasteiger charge is 2.63. The van der Waals surface area contributed by atoms with Crippen LogP contribution in [0.3, 0.4) is 0 Å². The van der Waals surface area contributed by atoms with Crippen LogP contribution in [0, 0.1) is 23.7 Å². The summed E-state index contributed by atoms with van der Waals surface area (Å²) in [4.78, 5) is 51.0. The summed E-state index contributed by atoms with van der Waals surface area (Å²) >= 11 is 0. The SMILES string of the molecule is CCCCCCCCCCCCC/C=C/[C@@H](O)[C@H](CO[C@@H]1OC(CO)[C@@H](O[C@@H]2OC(CO)[C@H](O[C@@H]3OC(CO)[C@H](O)[C@H](O[C@@H]4OC(CO)[C@H](O)[C@H](O[C@]5(OC=O)C[C@@H](O)[C@@H](C)C([C@H](O)[C@@H](CO)O[C@]6(OC=O)C[C@@H](O)[C@@H](C)C([C@H](O)[C@H](O)CO)O6)O5)C4O)C3C)[C@H](O[C@]3(OC=O)C[C@@H](O)[C@@H](C)C([C@H](O)[C@H](O)CO)O3)C2O)[C@H](O)C1O)NC(=O)CCCCCCCCCCCCCCC. The van der Waals surface area contributed by atoms with Gasteiger partial charge in [-0.15, -0.1) is 0 Å². The third-order valence-electron chi connectivity index (χ3n) is 26.6. The lowest BCUT2D eigenvalue weighted by Gasteiger charge is -2.52. The Morgan fingerprint density at radius 1 is 0.398 bits per heavy atom. The number of unbranched alkanes of at least 4 members (excludes halogenated alkanes) is 23. The van der Waals surface area contributed by atoms with Gasteiger partial charge in [-0.1, -0.05) is 195 Å². The van der Waals surface area contributed by atoms with E-state index in [0.29, 0.717) is 12.8 Å². The minimum absolute atomic E-state index is 0.122. The topological polar surface area (TPSA) is 682 Å². The summed E-state index contributed by atoms with van der Waals surface area (Å²) in [5, 5.41) is 252. The van der Waals surface area contributed by atoms with Crippen molar-refractivity contribution in [2.24, 2.45) is 23.7 Å². The van der Waals surface area contributed by atoms with Crippen LogP contribution in [0.2, 0.25) is 0 Å². The summed E-state index contributed by atoms with van der Waals surface area (Å²) in [6.07, 6.45) is -35.8. The van der Waals surface area contributed by atoms with Crippen LogP contribution >= 0.6 is 0 Å². The Labute approximate surface area is 776 Å². The molecule has 776 valence electrons. The predicted molar refractivity (Wildman–Crippen MR) is 457 cm³/mol. The Hall–Kier alpha value is -3.82. The van der Waals surface area contributed by atoms with Crippen LogP contribution in [0.25, 0.3) is 0 Å². The Balaban J connectivity index is 1.12. The Morgan fingerprint density at radius 2 is 0.774 bits per heavy atom. The summed E-state index contributed by atoms with van der Waals surface area (Å²) in [6.45, 7) is 0.569. The number of aliphatic hydroxyl groups is 22.